The van der Waals surface area contributed by atoms with Gasteiger partial charge in [-0.05, 0) is 20.8 Å². The largest absolute Gasteiger partial charge is 0.311 e. The summed E-state index contributed by atoms with van der Waals surface area (Å²) in [4.78, 5) is 10.7. The molecule has 0 fully saturated rings. The molecule has 0 aliphatic rings. The van der Waals surface area contributed by atoms with Gasteiger partial charge in [0.2, 0.25) is 5.91 Å². The van der Waals surface area contributed by atoms with E-state index in [1.807, 2.05) is 13.8 Å². The Hall–Kier alpha value is -1.12. The molecular formula is C7H12N2O. The second-order valence-electron chi connectivity index (χ2n) is 2.34. The second kappa shape index (κ2) is 3.82. The number of hydrogen-bond donors (Lipinski definition) is 2. The summed E-state index contributed by atoms with van der Waals surface area (Å²) in [5.74, 6) is -0.0602. The SMILES string of the molecule is CC(=N)NC(=O)C=C(C)C. The van der Waals surface area contributed by atoms with Crippen LogP contribution < -0.4 is 5.32 Å². The van der Waals surface area contributed by atoms with Crippen LogP contribution in [0.15, 0.2) is 11.6 Å². The van der Waals surface area contributed by atoms with Crippen molar-refractivity contribution in [3.8, 4) is 0 Å². The maximum atomic E-state index is 10.7. The summed E-state index contributed by atoms with van der Waals surface area (Å²) in [5, 5.41) is 9.25. The zero-order valence-corrected chi connectivity index (χ0v) is 6.49. The third-order valence-electron chi connectivity index (χ3n) is 0.730. The smallest absolute Gasteiger partial charge is 0.249 e. The highest BCUT2D eigenvalue weighted by atomic mass is 16.1. The zero-order valence-electron chi connectivity index (χ0n) is 6.49. The Morgan fingerprint density at radius 2 is 1.90 bits per heavy atom. The monoisotopic (exact) mass is 140 g/mol. The Balaban J connectivity index is 3.88. The second-order valence-corrected chi connectivity index (χ2v) is 2.34. The number of amides is 1. The predicted octanol–water partition coefficient (Wildman–Crippen LogP) is 1.07. The molecule has 0 heterocycles. The van der Waals surface area contributed by atoms with Crippen molar-refractivity contribution in [2.24, 2.45) is 0 Å². The minimum Gasteiger partial charge on any atom is -0.311 e. The van der Waals surface area contributed by atoms with Gasteiger partial charge in [-0.3, -0.25) is 10.2 Å². The summed E-state index contributed by atoms with van der Waals surface area (Å²) in [5.41, 5.74) is 0.929. The lowest BCUT2D eigenvalue weighted by atomic mass is 10.3. The van der Waals surface area contributed by atoms with Crippen molar-refractivity contribution in [1.82, 2.24) is 5.32 Å². The lowest BCUT2D eigenvalue weighted by Crippen LogP contribution is -2.25. The molecule has 2 N–H and O–H groups in total. The summed E-state index contributed by atoms with van der Waals surface area (Å²) in [6.07, 6.45) is 1.46. The van der Waals surface area contributed by atoms with Crippen LogP contribution in [0, 0.1) is 5.41 Å². The van der Waals surface area contributed by atoms with Crippen molar-refractivity contribution < 1.29 is 4.79 Å². The highest BCUT2D eigenvalue weighted by Crippen LogP contribution is 1.86. The molecule has 0 aromatic heterocycles. The average molecular weight is 140 g/mol. The van der Waals surface area contributed by atoms with E-state index in [-0.39, 0.29) is 11.7 Å². The van der Waals surface area contributed by atoms with Gasteiger partial charge < -0.3 is 5.32 Å². The van der Waals surface area contributed by atoms with Crippen LogP contribution in [0.1, 0.15) is 20.8 Å². The highest BCUT2D eigenvalue weighted by Gasteiger charge is 1.94. The van der Waals surface area contributed by atoms with E-state index < -0.39 is 0 Å². The maximum Gasteiger partial charge on any atom is 0.249 e. The number of carbonyl (C=O) groups is 1. The van der Waals surface area contributed by atoms with Gasteiger partial charge in [-0.25, -0.2) is 0 Å². The molecule has 0 radical (unpaired) electrons. The van der Waals surface area contributed by atoms with Crippen LogP contribution in [-0.2, 0) is 4.79 Å². The predicted molar refractivity (Wildman–Crippen MR) is 41.0 cm³/mol. The van der Waals surface area contributed by atoms with E-state index in [4.69, 9.17) is 5.41 Å². The fourth-order valence-electron chi connectivity index (χ4n) is 0.483. The van der Waals surface area contributed by atoms with Crippen molar-refractivity contribution in [1.29, 1.82) is 5.41 Å². The molecule has 0 aliphatic heterocycles. The van der Waals surface area contributed by atoms with Gasteiger partial charge in [0.25, 0.3) is 0 Å². The van der Waals surface area contributed by atoms with Crippen molar-refractivity contribution in [3.63, 3.8) is 0 Å². The third kappa shape index (κ3) is 5.03. The van der Waals surface area contributed by atoms with Gasteiger partial charge in [0.05, 0.1) is 5.84 Å². The maximum absolute atomic E-state index is 10.7. The first-order chi connectivity index (χ1) is 4.52. The third-order valence-corrected chi connectivity index (χ3v) is 0.730. The molecule has 3 heteroatoms. The zero-order chi connectivity index (χ0) is 8.15. The molecule has 0 aromatic carbocycles. The minimum atomic E-state index is -0.229. The number of hydrogen-bond acceptors (Lipinski definition) is 2. The van der Waals surface area contributed by atoms with Gasteiger partial charge in [-0.2, -0.15) is 0 Å². The molecule has 1 amide bonds. The van der Waals surface area contributed by atoms with Gasteiger partial charge in [0.1, 0.15) is 0 Å². The van der Waals surface area contributed by atoms with E-state index in [2.05, 4.69) is 5.32 Å². The summed E-state index contributed by atoms with van der Waals surface area (Å²) in [6.45, 7) is 5.19. The van der Waals surface area contributed by atoms with E-state index in [1.165, 1.54) is 13.0 Å². The Labute approximate surface area is 60.6 Å². The van der Waals surface area contributed by atoms with E-state index in [1.54, 1.807) is 0 Å². The Morgan fingerprint density at radius 1 is 1.40 bits per heavy atom. The molecule has 0 bridgehead atoms. The molecule has 0 unspecified atom stereocenters. The van der Waals surface area contributed by atoms with Crippen molar-refractivity contribution in [3.05, 3.63) is 11.6 Å². The van der Waals surface area contributed by atoms with Crippen molar-refractivity contribution >= 4 is 11.7 Å². The fraction of sp³-hybridized carbons (Fsp3) is 0.429. The van der Waals surface area contributed by atoms with Crippen LogP contribution in [0.25, 0.3) is 0 Å². The average Bonchev–Trinajstić information content (AvgIpc) is 1.58. The van der Waals surface area contributed by atoms with Gasteiger partial charge in [0, 0.05) is 6.08 Å². The molecule has 0 atom stereocenters. The molecule has 0 saturated carbocycles. The van der Waals surface area contributed by atoms with E-state index in [0.29, 0.717) is 0 Å². The molecule has 56 valence electrons. The number of allylic oxidation sites excluding steroid dienone is 1. The molecule has 0 spiro atoms. The van der Waals surface area contributed by atoms with Crippen LogP contribution >= 0.6 is 0 Å². The normalized spacial score (nSPS) is 8.30. The Bertz CT molecular complexity index is 178. The standard InChI is InChI=1S/C7H12N2O/c1-5(2)4-7(10)9-6(3)8/h4H,1-3H3,(H2,8,9,10). The topological polar surface area (TPSA) is 53.0 Å². The first-order valence-corrected chi connectivity index (χ1v) is 3.03. The first-order valence-electron chi connectivity index (χ1n) is 3.03. The Morgan fingerprint density at radius 3 is 2.20 bits per heavy atom. The Kier molecular flexibility index (Phi) is 3.39. The molecule has 3 nitrogen and oxygen atoms in total. The summed E-state index contributed by atoms with van der Waals surface area (Å²) in [7, 11) is 0. The molecule has 0 saturated heterocycles. The number of nitrogens with one attached hydrogen (secondary N) is 2. The van der Waals surface area contributed by atoms with Crippen LogP contribution in [0.3, 0.4) is 0 Å². The van der Waals surface area contributed by atoms with Crippen molar-refractivity contribution in [2.45, 2.75) is 20.8 Å². The molecular weight excluding hydrogens is 128 g/mol. The van der Waals surface area contributed by atoms with Crippen LogP contribution in [0.2, 0.25) is 0 Å². The van der Waals surface area contributed by atoms with Gasteiger partial charge in [0.15, 0.2) is 0 Å². The van der Waals surface area contributed by atoms with E-state index >= 15 is 0 Å². The number of rotatable bonds is 1. The van der Waals surface area contributed by atoms with Gasteiger partial charge in [-0.15, -0.1) is 0 Å². The van der Waals surface area contributed by atoms with Crippen molar-refractivity contribution in [2.75, 3.05) is 0 Å². The number of carbonyl (C=O) groups excluding carboxylic acids is 1. The number of amidine groups is 1. The first kappa shape index (κ1) is 8.88. The van der Waals surface area contributed by atoms with Crippen LogP contribution in [-0.4, -0.2) is 11.7 Å². The lowest BCUT2D eigenvalue weighted by molar-refractivity contribution is -0.115. The van der Waals surface area contributed by atoms with E-state index in [0.717, 1.165) is 5.57 Å². The molecule has 0 rings (SSSR count). The summed E-state index contributed by atoms with van der Waals surface area (Å²) >= 11 is 0. The molecule has 0 aromatic rings. The highest BCUT2D eigenvalue weighted by molar-refractivity contribution is 6.01. The summed E-state index contributed by atoms with van der Waals surface area (Å²) in [6, 6.07) is 0. The summed E-state index contributed by atoms with van der Waals surface area (Å²) < 4.78 is 0. The van der Waals surface area contributed by atoms with Gasteiger partial charge in [-0.1, -0.05) is 5.57 Å². The quantitative estimate of drug-likeness (QED) is 0.319. The lowest BCUT2D eigenvalue weighted by Gasteiger charge is -1.96. The molecule has 10 heavy (non-hydrogen) atoms. The minimum absolute atomic E-state index is 0.169. The molecule has 0 aliphatic carbocycles. The van der Waals surface area contributed by atoms with Crippen LogP contribution in [0.5, 0.6) is 0 Å². The van der Waals surface area contributed by atoms with E-state index in [9.17, 15) is 4.79 Å². The fourth-order valence-corrected chi connectivity index (χ4v) is 0.483. The van der Waals surface area contributed by atoms with Crippen LogP contribution in [0.4, 0.5) is 0 Å². The van der Waals surface area contributed by atoms with Gasteiger partial charge >= 0.3 is 0 Å².